The molecule has 0 radical (unpaired) electrons. The van der Waals surface area contributed by atoms with Crippen LogP contribution in [0.15, 0.2) is 24.3 Å². The summed E-state index contributed by atoms with van der Waals surface area (Å²) in [6, 6.07) is 7.60. The molecule has 1 aromatic carbocycles. The summed E-state index contributed by atoms with van der Waals surface area (Å²) >= 11 is 1.68. The van der Waals surface area contributed by atoms with E-state index in [1.165, 1.54) is 0 Å². The van der Waals surface area contributed by atoms with E-state index in [-0.39, 0.29) is 11.2 Å². The molecule has 1 unspecified atom stereocenters. The molecule has 6 heteroatoms. The number of hydrogen-bond acceptors (Lipinski definition) is 4. The van der Waals surface area contributed by atoms with Gasteiger partial charge in [0.15, 0.2) is 5.82 Å². The second kappa shape index (κ2) is 7.98. The third-order valence-electron chi connectivity index (χ3n) is 3.26. The molecule has 0 saturated heterocycles. The number of rotatable bonds is 7. The first-order valence-electron chi connectivity index (χ1n) is 7.52. The van der Waals surface area contributed by atoms with Gasteiger partial charge in [0.1, 0.15) is 5.82 Å². The molecule has 2 N–H and O–H groups in total. The maximum Gasteiger partial charge on any atom is 0.237 e. The molecule has 0 bridgehead atoms. The van der Waals surface area contributed by atoms with Crippen LogP contribution in [-0.2, 0) is 4.79 Å². The molecular weight excluding hydrogens is 296 g/mol. The van der Waals surface area contributed by atoms with Crippen LogP contribution in [-0.4, -0.2) is 32.1 Å². The second-order valence-electron chi connectivity index (χ2n) is 5.15. The Morgan fingerprint density at radius 1 is 1.41 bits per heavy atom. The van der Waals surface area contributed by atoms with Crippen molar-refractivity contribution < 1.29 is 4.79 Å². The minimum absolute atomic E-state index is 0.0146. The maximum atomic E-state index is 12.3. The highest BCUT2D eigenvalue weighted by molar-refractivity contribution is 8.00. The number of unbranched alkanes of at least 4 members (excludes halogenated alkanes) is 1. The first-order valence-corrected chi connectivity index (χ1v) is 8.57. The van der Waals surface area contributed by atoms with Crippen LogP contribution in [0.5, 0.6) is 0 Å². The average Bonchev–Trinajstić information content (AvgIpc) is 2.94. The zero-order valence-corrected chi connectivity index (χ0v) is 14.0. The SMILES string of the molecule is CCCCSC(C)C(=O)Nc1ccccc1-c1n[nH]c(C)n1. The molecular formula is C16H22N4OS. The van der Waals surface area contributed by atoms with Crippen molar-refractivity contribution in [3.8, 4) is 11.4 Å². The summed E-state index contributed by atoms with van der Waals surface area (Å²) in [5.41, 5.74) is 1.57. The van der Waals surface area contributed by atoms with E-state index in [4.69, 9.17) is 0 Å². The maximum absolute atomic E-state index is 12.3. The van der Waals surface area contributed by atoms with Gasteiger partial charge in [-0.05, 0) is 38.2 Å². The van der Waals surface area contributed by atoms with Crippen LogP contribution in [0.3, 0.4) is 0 Å². The summed E-state index contributed by atoms with van der Waals surface area (Å²) in [7, 11) is 0. The topological polar surface area (TPSA) is 70.7 Å². The summed E-state index contributed by atoms with van der Waals surface area (Å²) in [6.07, 6.45) is 2.28. The Kier molecular flexibility index (Phi) is 6.00. The summed E-state index contributed by atoms with van der Waals surface area (Å²) in [5.74, 6) is 2.37. The number of aromatic amines is 1. The number of benzene rings is 1. The fourth-order valence-corrected chi connectivity index (χ4v) is 2.98. The van der Waals surface area contributed by atoms with E-state index in [0.717, 1.165) is 35.7 Å². The lowest BCUT2D eigenvalue weighted by atomic mass is 10.1. The minimum Gasteiger partial charge on any atom is -0.324 e. The number of para-hydroxylation sites is 1. The molecule has 5 nitrogen and oxygen atoms in total. The molecule has 1 heterocycles. The number of thioether (sulfide) groups is 1. The van der Waals surface area contributed by atoms with E-state index in [9.17, 15) is 4.79 Å². The van der Waals surface area contributed by atoms with Crippen LogP contribution < -0.4 is 5.32 Å². The van der Waals surface area contributed by atoms with Gasteiger partial charge >= 0.3 is 0 Å². The van der Waals surface area contributed by atoms with Crippen LogP contribution in [0.25, 0.3) is 11.4 Å². The number of aromatic nitrogens is 3. The van der Waals surface area contributed by atoms with Gasteiger partial charge in [0.2, 0.25) is 5.91 Å². The van der Waals surface area contributed by atoms with Gasteiger partial charge in [0.25, 0.3) is 0 Å². The average molecular weight is 318 g/mol. The normalized spacial score (nSPS) is 12.1. The van der Waals surface area contributed by atoms with Gasteiger partial charge in [-0.3, -0.25) is 9.89 Å². The molecule has 0 aliphatic carbocycles. The number of nitrogens with one attached hydrogen (secondary N) is 2. The molecule has 1 atom stereocenters. The summed E-state index contributed by atoms with van der Waals surface area (Å²) in [4.78, 5) is 16.6. The number of aryl methyl sites for hydroxylation is 1. The van der Waals surface area contributed by atoms with Gasteiger partial charge in [-0.25, -0.2) is 4.98 Å². The van der Waals surface area contributed by atoms with Gasteiger partial charge < -0.3 is 5.32 Å². The third-order valence-corrected chi connectivity index (χ3v) is 4.50. The van der Waals surface area contributed by atoms with E-state index in [0.29, 0.717) is 5.82 Å². The highest BCUT2D eigenvalue weighted by atomic mass is 32.2. The highest BCUT2D eigenvalue weighted by Crippen LogP contribution is 2.25. The van der Waals surface area contributed by atoms with E-state index in [1.807, 2.05) is 38.1 Å². The Balaban J connectivity index is 2.08. The Bertz CT molecular complexity index is 626. The van der Waals surface area contributed by atoms with Crippen molar-refractivity contribution >= 4 is 23.4 Å². The third kappa shape index (κ3) is 4.34. The van der Waals surface area contributed by atoms with Crippen molar-refractivity contribution in [1.82, 2.24) is 15.2 Å². The molecule has 0 saturated carbocycles. The minimum atomic E-state index is -0.0755. The molecule has 0 aliphatic heterocycles. The van der Waals surface area contributed by atoms with Crippen molar-refractivity contribution in [2.45, 2.75) is 38.9 Å². The van der Waals surface area contributed by atoms with Crippen LogP contribution >= 0.6 is 11.8 Å². The largest absolute Gasteiger partial charge is 0.324 e. The smallest absolute Gasteiger partial charge is 0.237 e. The summed E-state index contributed by atoms with van der Waals surface area (Å²) < 4.78 is 0. The van der Waals surface area contributed by atoms with Crippen LogP contribution in [0.1, 0.15) is 32.5 Å². The zero-order chi connectivity index (χ0) is 15.9. The van der Waals surface area contributed by atoms with Gasteiger partial charge in [0, 0.05) is 5.56 Å². The van der Waals surface area contributed by atoms with Crippen LogP contribution in [0.4, 0.5) is 5.69 Å². The summed E-state index contributed by atoms with van der Waals surface area (Å²) in [6.45, 7) is 5.94. The van der Waals surface area contributed by atoms with E-state index in [2.05, 4.69) is 27.4 Å². The van der Waals surface area contributed by atoms with Crippen molar-refractivity contribution in [3.63, 3.8) is 0 Å². The molecule has 118 valence electrons. The highest BCUT2D eigenvalue weighted by Gasteiger charge is 2.16. The molecule has 22 heavy (non-hydrogen) atoms. The van der Waals surface area contributed by atoms with Crippen molar-refractivity contribution in [3.05, 3.63) is 30.1 Å². The number of anilines is 1. The van der Waals surface area contributed by atoms with Crippen molar-refractivity contribution in [1.29, 1.82) is 0 Å². The molecule has 1 amide bonds. The number of hydrogen-bond donors (Lipinski definition) is 2. The number of amides is 1. The van der Waals surface area contributed by atoms with Crippen molar-refractivity contribution in [2.75, 3.05) is 11.1 Å². The standard InChI is InChI=1S/C16H22N4OS/c1-4-5-10-22-11(2)16(21)18-14-9-7-6-8-13(14)15-17-12(3)19-20-15/h6-9,11H,4-5,10H2,1-3H3,(H,18,21)(H,17,19,20). The number of H-pyrrole nitrogens is 1. The fraction of sp³-hybridized carbons (Fsp3) is 0.438. The fourth-order valence-electron chi connectivity index (χ4n) is 1.96. The second-order valence-corrected chi connectivity index (χ2v) is 6.59. The van der Waals surface area contributed by atoms with Gasteiger partial charge in [-0.1, -0.05) is 25.5 Å². The van der Waals surface area contributed by atoms with Crippen LogP contribution in [0.2, 0.25) is 0 Å². The monoisotopic (exact) mass is 318 g/mol. The Hall–Kier alpha value is -1.82. The van der Waals surface area contributed by atoms with Crippen LogP contribution in [0, 0.1) is 6.92 Å². The molecule has 0 fully saturated rings. The van der Waals surface area contributed by atoms with Gasteiger partial charge in [0.05, 0.1) is 10.9 Å². The lowest BCUT2D eigenvalue weighted by Crippen LogP contribution is -2.23. The number of carbonyl (C=O) groups excluding carboxylic acids is 1. The van der Waals surface area contributed by atoms with Gasteiger partial charge in [-0.15, -0.1) is 11.8 Å². The van der Waals surface area contributed by atoms with E-state index >= 15 is 0 Å². The Morgan fingerprint density at radius 3 is 2.86 bits per heavy atom. The number of carbonyl (C=O) groups is 1. The molecule has 1 aromatic heterocycles. The number of nitrogens with zero attached hydrogens (tertiary/aromatic N) is 2. The van der Waals surface area contributed by atoms with E-state index < -0.39 is 0 Å². The molecule has 2 rings (SSSR count). The molecule has 0 spiro atoms. The lowest BCUT2D eigenvalue weighted by Gasteiger charge is -2.13. The first kappa shape index (κ1) is 16.5. The van der Waals surface area contributed by atoms with Crippen molar-refractivity contribution in [2.24, 2.45) is 0 Å². The van der Waals surface area contributed by atoms with E-state index in [1.54, 1.807) is 11.8 Å². The zero-order valence-electron chi connectivity index (χ0n) is 13.2. The lowest BCUT2D eigenvalue weighted by molar-refractivity contribution is -0.115. The van der Waals surface area contributed by atoms with Gasteiger partial charge in [-0.2, -0.15) is 5.10 Å². The molecule has 0 aliphatic rings. The quantitative estimate of drug-likeness (QED) is 0.765. The first-order chi connectivity index (χ1) is 10.6. The predicted molar refractivity (Wildman–Crippen MR) is 92.0 cm³/mol. The predicted octanol–water partition coefficient (Wildman–Crippen LogP) is 3.64. The Morgan fingerprint density at radius 2 is 2.18 bits per heavy atom. The molecule has 2 aromatic rings. The Labute approximate surface area is 135 Å². The summed E-state index contributed by atoms with van der Waals surface area (Å²) in [5, 5.41) is 9.91.